The molecule has 0 unspecified atom stereocenters. The smallest absolute Gasteiger partial charge is 0.255 e. The van der Waals surface area contributed by atoms with Crippen LogP contribution in [0.3, 0.4) is 0 Å². The first-order valence-corrected chi connectivity index (χ1v) is 14.2. The van der Waals surface area contributed by atoms with Gasteiger partial charge in [0.1, 0.15) is 5.82 Å². The lowest BCUT2D eigenvalue weighted by molar-refractivity contribution is -0.132. The third-order valence-corrected chi connectivity index (χ3v) is 7.85. The SMILES string of the molecule is CCN1CCN(C(=O)Cc2cccc(-c3cc(Nc4ccc(C(=O)N5CCOCC5)cn4)c4nccn4c3)c2)CC1. The van der Waals surface area contributed by atoms with Gasteiger partial charge in [-0.2, -0.15) is 0 Å². The molecule has 0 spiro atoms. The number of fused-ring (bicyclic) bond motifs is 1. The Bertz CT molecular complexity index is 1520. The maximum absolute atomic E-state index is 13.0. The van der Waals surface area contributed by atoms with E-state index in [1.165, 1.54) is 0 Å². The Morgan fingerprint density at radius 3 is 2.51 bits per heavy atom. The number of imidazole rings is 1. The van der Waals surface area contributed by atoms with Gasteiger partial charge in [-0.1, -0.05) is 31.2 Å². The number of hydrogen-bond donors (Lipinski definition) is 1. The van der Waals surface area contributed by atoms with E-state index in [1.54, 1.807) is 23.4 Å². The molecule has 0 saturated carbocycles. The van der Waals surface area contributed by atoms with E-state index in [-0.39, 0.29) is 11.8 Å². The zero-order valence-electron chi connectivity index (χ0n) is 23.3. The predicted octanol–water partition coefficient (Wildman–Crippen LogP) is 3.32. The Balaban J connectivity index is 1.19. The monoisotopic (exact) mass is 553 g/mol. The number of pyridine rings is 2. The minimum Gasteiger partial charge on any atom is -0.378 e. The van der Waals surface area contributed by atoms with E-state index >= 15 is 0 Å². The summed E-state index contributed by atoms with van der Waals surface area (Å²) in [5.74, 6) is 0.756. The highest BCUT2D eigenvalue weighted by molar-refractivity contribution is 5.94. The number of carbonyl (C=O) groups is 2. The van der Waals surface area contributed by atoms with Crippen LogP contribution in [-0.2, 0) is 16.0 Å². The molecule has 6 rings (SSSR count). The van der Waals surface area contributed by atoms with Crippen molar-refractivity contribution in [2.45, 2.75) is 13.3 Å². The Morgan fingerprint density at radius 1 is 0.927 bits per heavy atom. The fraction of sp³-hybridized carbons (Fsp3) is 0.355. The van der Waals surface area contributed by atoms with Crippen molar-refractivity contribution in [1.82, 2.24) is 29.1 Å². The van der Waals surface area contributed by atoms with Gasteiger partial charge in [0.05, 0.1) is 30.9 Å². The first-order valence-electron chi connectivity index (χ1n) is 14.2. The molecule has 10 nitrogen and oxygen atoms in total. The van der Waals surface area contributed by atoms with Crippen LogP contribution < -0.4 is 5.32 Å². The second-order valence-corrected chi connectivity index (χ2v) is 10.5. The Morgan fingerprint density at radius 2 is 1.76 bits per heavy atom. The fourth-order valence-electron chi connectivity index (χ4n) is 5.42. The minimum atomic E-state index is -0.0356. The molecule has 0 atom stereocenters. The van der Waals surface area contributed by atoms with Crippen molar-refractivity contribution in [1.29, 1.82) is 0 Å². The van der Waals surface area contributed by atoms with E-state index in [4.69, 9.17) is 4.74 Å². The number of rotatable bonds is 7. The van der Waals surface area contributed by atoms with Crippen LogP contribution >= 0.6 is 0 Å². The normalized spacial score (nSPS) is 16.2. The molecular formula is C31H35N7O3. The zero-order valence-corrected chi connectivity index (χ0v) is 23.3. The third-order valence-electron chi connectivity index (χ3n) is 7.85. The Labute approximate surface area is 239 Å². The number of nitrogens with zero attached hydrogens (tertiary/aromatic N) is 6. The number of ether oxygens (including phenoxy) is 1. The topological polar surface area (TPSA) is 95.3 Å². The number of hydrogen-bond acceptors (Lipinski definition) is 7. The highest BCUT2D eigenvalue weighted by Crippen LogP contribution is 2.28. The molecule has 41 heavy (non-hydrogen) atoms. The predicted molar refractivity (Wildman–Crippen MR) is 157 cm³/mol. The largest absolute Gasteiger partial charge is 0.378 e. The summed E-state index contributed by atoms with van der Waals surface area (Å²) in [4.78, 5) is 41.0. The molecule has 2 amide bonds. The molecule has 2 aliphatic heterocycles. The zero-order chi connectivity index (χ0) is 28.2. The van der Waals surface area contributed by atoms with Gasteiger partial charge >= 0.3 is 0 Å². The summed E-state index contributed by atoms with van der Waals surface area (Å²) in [5, 5.41) is 3.38. The number of amides is 2. The number of aromatic nitrogens is 3. The van der Waals surface area contributed by atoms with Gasteiger partial charge in [-0.05, 0) is 35.9 Å². The third kappa shape index (κ3) is 6.08. The number of nitrogens with one attached hydrogen (secondary N) is 1. The van der Waals surface area contributed by atoms with Gasteiger partial charge in [0.15, 0.2) is 5.65 Å². The molecule has 1 aromatic carbocycles. The van der Waals surface area contributed by atoms with E-state index in [0.717, 1.165) is 60.7 Å². The highest BCUT2D eigenvalue weighted by atomic mass is 16.5. The summed E-state index contributed by atoms with van der Waals surface area (Å²) in [6.45, 7) is 8.94. The van der Waals surface area contributed by atoms with Gasteiger partial charge in [-0.3, -0.25) is 9.59 Å². The first kappa shape index (κ1) is 26.9. The van der Waals surface area contributed by atoms with E-state index in [2.05, 4.69) is 39.2 Å². The number of anilines is 2. The molecule has 1 N–H and O–H groups in total. The van der Waals surface area contributed by atoms with E-state index < -0.39 is 0 Å². The van der Waals surface area contributed by atoms with Gasteiger partial charge in [-0.25, -0.2) is 9.97 Å². The molecule has 2 fully saturated rings. The molecule has 2 aliphatic rings. The number of morpholine rings is 1. The molecule has 0 radical (unpaired) electrons. The molecule has 0 bridgehead atoms. The summed E-state index contributed by atoms with van der Waals surface area (Å²) in [7, 11) is 0. The van der Waals surface area contributed by atoms with Crippen molar-refractivity contribution >= 4 is 29.0 Å². The average molecular weight is 554 g/mol. The van der Waals surface area contributed by atoms with E-state index in [1.807, 2.05) is 46.0 Å². The van der Waals surface area contributed by atoms with Gasteiger partial charge < -0.3 is 29.2 Å². The fourth-order valence-corrected chi connectivity index (χ4v) is 5.42. The van der Waals surface area contributed by atoms with E-state index in [0.29, 0.717) is 44.1 Å². The maximum atomic E-state index is 13.0. The van der Waals surface area contributed by atoms with Crippen molar-refractivity contribution in [2.75, 3.05) is 64.3 Å². The maximum Gasteiger partial charge on any atom is 0.255 e. The molecule has 10 heteroatoms. The lowest BCUT2D eigenvalue weighted by atomic mass is 10.0. The molecule has 3 aromatic heterocycles. The Hall–Kier alpha value is -4.28. The summed E-state index contributed by atoms with van der Waals surface area (Å²) < 4.78 is 7.32. The quantitative estimate of drug-likeness (QED) is 0.375. The summed E-state index contributed by atoms with van der Waals surface area (Å²) in [6.07, 6.45) is 7.70. The van der Waals surface area contributed by atoms with Crippen LogP contribution in [0.15, 0.2) is 67.3 Å². The Kier molecular flexibility index (Phi) is 7.93. The second kappa shape index (κ2) is 12.1. The lowest BCUT2D eigenvalue weighted by Crippen LogP contribution is -2.48. The van der Waals surface area contributed by atoms with Crippen LogP contribution in [0.1, 0.15) is 22.8 Å². The minimum absolute atomic E-state index is 0.0356. The van der Waals surface area contributed by atoms with Crippen molar-refractivity contribution in [2.24, 2.45) is 0 Å². The van der Waals surface area contributed by atoms with Gasteiger partial charge in [0.25, 0.3) is 5.91 Å². The summed E-state index contributed by atoms with van der Waals surface area (Å²) in [6, 6.07) is 13.8. The second-order valence-electron chi connectivity index (χ2n) is 10.5. The number of likely N-dealkylation sites (N-methyl/N-ethyl adjacent to an activating group) is 1. The van der Waals surface area contributed by atoms with Gasteiger partial charge in [-0.15, -0.1) is 0 Å². The van der Waals surface area contributed by atoms with Crippen molar-refractivity contribution in [3.8, 4) is 11.1 Å². The van der Waals surface area contributed by atoms with Gasteiger partial charge in [0.2, 0.25) is 5.91 Å². The molecule has 212 valence electrons. The van der Waals surface area contributed by atoms with Gasteiger partial charge in [0, 0.05) is 69.6 Å². The summed E-state index contributed by atoms with van der Waals surface area (Å²) >= 11 is 0. The molecular weight excluding hydrogens is 518 g/mol. The number of carbonyl (C=O) groups excluding carboxylic acids is 2. The molecule has 0 aliphatic carbocycles. The average Bonchev–Trinajstić information content (AvgIpc) is 3.51. The number of piperazine rings is 1. The molecule has 2 saturated heterocycles. The van der Waals surface area contributed by atoms with Crippen LogP contribution in [0.4, 0.5) is 11.5 Å². The molecule has 5 heterocycles. The highest BCUT2D eigenvalue weighted by Gasteiger charge is 2.21. The standard InChI is InChI=1S/C31H35N7O3/c1-2-35-10-12-36(13-11-35)29(39)19-23-4-3-5-24(18-23)26-20-27(30-32-8-9-38(30)22-26)34-28-7-6-25(21-33-28)31(40)37-14-16-41-17-15-37/h3-9,18,20-22H,2,10-17,19H2,1H3,(H,33,34). The summed E-state index contributed by atoms with van der Waals surface area (Å²) in [5.41, 5.74) is 5.11. The first-order chi connectivity index (χ1) is 20.1. The van der Waals surface area contributed by atoms with Crippen molar-refractivity contribution in [3.05, 3.63) is 78.4 Å². The lowest BCUT2D eigenvalue weighted by Gasteiger charge is -2.34. The van der Waals surface area contributed by atoms with Crippen LogP contribution in [0.25, 0.3) is 16.8 Å². The van der Waals surface area contributed by atoms with Crippen LogP contribution in [0.5, 0.6) is 0 Å². The van der Waals surface area contributed by atoms with Crippen LogP contribution in [0.2, 0.25) is 0 Å². The van der Waals surface area contributed by atoms with Crippen molar-refractivity contribution < 1.29 is 14.3 Å². The van der Waals surface area contributed by atoms with Crippen LogP contribution in [0, 0.1) is 0 Å². The van der Waals surface area contributed by atoms with Crippen molar-refractivity contribution in [3.63, 3.8) is 0 Å². The van der Waals surface area contributed by atoms with E-state index in [9.17, 15) is 9.59 Å². The number of benzene rings is 1. The van der Waals surface area contributed by atoms with Crippen LogP contribution in [-0.4, -0.2) is 99.9 Å². The molecule has 4 aromatic rings.